The fraction of sp³-hybridized carbons (Fsp3) is 0. The van der Waals surface area contributed by atoms with Crippen molar-refractivity contribution in [1.82, 2.24) is 81.6 Å². The molecule has 9 aromatic carbocycles. The number of aromatic nitrogens is 16. The van der Waals surface area contributed by atoms with Crippen LogP contribution < -0.4 is 61.3 Å². The summed E-state index contributed by atoms with van der Waals surface area (Å²) in [5, 5.41) is 199. The number of rotatable bonds is 22. The molecule has 4 aromatic heterocycles. The lowest BCUT2D eigenvalue weighted by Crippen LogP contribution is -2.25. The van der Waals surface area contributed by atoms with E-state index in [1.807, 2.05) is 0 Å². The topological polar surface area (TPSA) is 637 Å². The summed E-state index contributed by atoms with van der Waals surface area (Å²) in [7, 11) is 0. The lowest BCUT2D eigenvalue weighted by molar-refractivity contribution is -0.257. The van der Waals surface area contributed by atoms with Crippen LogP contribution in [0.5, 0.6) is 0 Å². The van der Waals surface area contributed by atoms with Gasteiger partial charge in [0.15, 0.2) is 0 Å². The Morgan fingerprint density at radius 2 is 0.272 bits per heavy atom. The minimum absolute atomic E-state index is 0.0245. The van der Waals surface area contributed by atoms with Crippen molar-refractivity contribution < 1.29 is 104 Å². The highest BCUT2D eigenvalue weighted by atomic mass is 16.4. The molecule has 0 aliphatic carbocycles. The van der Waals surface area contributed by atoms with E-state index in [2.05, 4.69) is 101 Å². The van der Waals surface area contributed by atoms with E-state index < -0.39 is 93.3 Å². The molecule has 0 aliphatic heterocycles. The minimum Gasteiger partial charge on any atom is -0.872 e. The van der Waals surface area contributed by atoms with Gasteiger partial charge in [-0.3, -0.25) is 0 Å². The van der Waals surface area contributed by atoms with Gasteiger partial charge < -0.3 is 104 Å². The molecule has 114 heavy (non-hydrogen) atoms. The summed E-state index contributed by atoms with van der Waals surface area (Å²) in [6.45, 7) is 9.83. The maximum atomic E-state index is 11.7. The molecule has 0 atom stereocenters. The number of nitrogens with zero attached hydrogens (tertiary/aromatic N) is 16. The second kappa shape index (κ2) is 33.2. The molecular weight excluding hydrogens is 1480 g/mol. The van der Waals surface area contributed by atoms with Crippen molar-refractivity contribution in [2.24, 2.45) is 0 Å². The van der Waals surface area contributed by atoms with Crippen LogP contribution in [0.15, 0.2) is 202 Å². The number of hydrogen-bond acceptors (Lipinski definition) is 37. The maximum Gasteiger partial charge on any atom is 0.203 e. The lowest BCUT2D eigenvalue weighted by atomic mass is 9.98. The summed E-state index contributed by atoms with van der Waals surface area (Å²) in [4.78, 5) is 101. The van der Waals surface area contributed by atoms with Crippen molar-refractivity contribution in [2.45, 2.75) is 0 Å². The molecule has 0 saturated heterocycles. The molecule has 13 rings (SSSR count). The van der Waals surface area contributed by atoms with E-state index in [9.17, 15) is 104 Å². The summed E-state index contributed by atoms with van der Waals surface area (Å²) in [6, 6.07) is 41.0. The Morgan fingerprint density at radius 1 is 0.158 bits per heavy atom. The zero-order chi connectivity index (χ0) is 81.9. The molecule has 0 radical (unpaired) electrons. The van der Waals surface area contributed by atoms with Crippen LogP contribution in [0.3, 0.4) is 0 Å². The van der Waals surface area contributed by atoms with Crippen molar-refractivity contribution in [2.75, 3.05) is 0 Å². The molecule has 0 spiro atoms. The maximum absolute atomic E-state index is 11.7. The zero-order valence-electron chi connectivity index (χ0n) is 57.2. The summed E-state index contributed by atoms with van der Waals surface area (Å²) < 4.78 is 0. The highest BCUT2D eigenvalue weighted by Crippen LogP contribution is 2.31. The van der Waals surface area contributed by atoms with Crippen LogP contribution in [0.25, 0.3) is 131 Å². The summed E-state index contributed by atoms with van der Waals surface area (Å²) in [6.07, 6.45) is 0. The third-order valence-corrected chi connectivity index (χ3v) is 16.0. The van der Waals surface area contributed by atoms with E-state index in [4.69, 9.17) is 0 Å². The third kappa shape index (κ3) is 18.3. The molecule has 0 fully saturated rings. The predicted molar refractivity (Wildman–Crippen MR) is 364 cm³/mol. The molecule has 0 saturated carbocycles. The van der Waals surface area contributed by atoms with Crippen molar-refractivity contribution in [3.05, 3.63) is 268 Å². The van der Waals surface area contributed by atoms with Gasteiger partial charge >= 0.3 is 0 Å². The predicted octanol–water partition coefficient (Wildman–Crippen LogP) is -4.69. The van der Waals surface area contributed by atoms with Crippen molar-refractivity contribution in [3.63, 3.8) is 0 Å². The van der Waals surface area contributed by atoms with Crippen molar-refractivity contribution in [1.29, 1.82) is 0 Å². The zero-order valence-corrected chi connectivity index (χ0v) is 57.2. The fourth-order valence-electron chi connectivity index (χ4n) is 10.4. The summed E-state index contributed by atoms with van der Waals surface area (Å²) >= 11 is 0. The van der Waals surface area contributed by atoms with Gasteiger partial charge in [0, 0.05) is 44.5 Å². The average Bonchev–Trinajstić information content (AvgIpc) is 0.820. The van der Waals surface area contributed by atoms with Crippen molar-refractivity contribution >= 4 is 71.0 Å². The first-order chi connectivity index (χ1) is 54.3. The number of hydrogen-bond donors (Lipinski definition) is 0. The first kappa shape index (κ1) is 77.7. The quantitative estimate of drug-likeness (QED) is 0.0576. The standard InChI is InChI=1S/C31H20N4O7.C27H16N8O7.C19H12N4O7/c1-16(36)21-10-22(12-24(11-21)29(37)38)17-2-6-19(7-3-17)27-32-34-28(35-33-27)20-8-4-18(5-9-20)23-13-25(30(39)40)15-26(14-23)31(41)42;1-12(36)15-6-16(8-18(7-15)25(37)38)23-32-28-21(29-33-23)13-2-4-14(5-3-13)22-30-34-24(35-31-22)17-9-19(26(39)40)11-20(10-17)27(41)42;1-8(24)9-2-10(4-12(3-9)17(25)26)15-20-22-16(23-21-15)11-5-13(18(27)28)7-14(6-11)19(29)30/h2-15,36H,1H2,(H,37,38)(H,39,40)(H,41,42);2-11,36H,1H2,(H,37,38)(H,39,40)(H,41,42);2-7,24H,1H2,(H,25,26)(H,27,28)(H,29,30)/p-12. The molecule has 562 valence electrons. The molecule has 13 aromatic rings. The van der Waals surface area contributed by atoms with Gasteiger partial charge in [0.25, 0.3) is 0 Å². The second-order valence-electron chi connectivity index (χ2n) is 23.6. The van der Waals surface area contributed by atoms with Crippen LogP contribution >= 0.6 is 0 Å². The van der Waals surface area contributed by atoms with Crippen LogP contribution in [-0.4, -0.2) is 135 Å². The van der Waals surface area contributed by atoms with E-state index in [0.717, 1.165) is 60.7 Å². The van der Waals surface area contributed by atoms with E-state index in [1.165, 1.54) is 42.5 Å². The first-order valence-corrected chi connectivity index (χ1v) is 31.9. The van der Waals surface area contributed by atoms with Gasteiger partial charge in [0.05, 0.1) is 53.7 Å². The molecule has 37 heteroatoms. The smallest absolute Gasteiger partial charge is 0.203 e. The first-order valence-electron chi connectivity index (χ1n) is 31.9. The molecular formula is C77H36N16O21-12. The second-order valence-corrected chi connectivity index (χ2v) is 23.6. The number of carboxylic acids is 9. The molecule has 0 bridgehead atoms. The molecule has 4 heterocycles. The van der Waals surface area contributed by atoms with Gasteiger partial charge in [-0.1, -0.05) is 72.8 Å². The summed E-state index contributed by atoms with van der Waals surface area (Å²) in [5.74, 6) is -15.5. The van der Waals surface area contributed by atoms with E-state index in [-0.39, 0.29) is 113 Å². The van der Waals surface area contributed by atoms with Crippen molar-refractivity contribution in [3.8, 4) is 113 Å². The number of carbonyl (C=O) groups excluding carboxylic acids is 9. The van der Waals surface area contributed by atoms with E-state index in [0.29, 0.717) is 44.5 Å². The number of benzene rings is 9. The average molecular weight is 1520 g/mol. The van der Waals surface area contributed by atoms with Crippen LogP contribution in [0.2, 0.25) is 0 Å². The largest absolute Gasteiger partial charge is 0.872 e. The third-order valence-electron chi connectivity index (χ3n) is 16.0. The van der Waals surface area contributed by atoms with Crippen LogP contribution in [0, 0.1) is 0 Å². The Morgan fingerprint density at radius 3 is 0.421 bits per heavy atom. The van der Waals surface area contributed by atoms with Gasteiger partial charge in [-0.2, -0.15) is 0 Å². The lowest BCUT2D eigenvalue weighted by Gasteiger charge is -2.15. The van der Waals surface area contributed by atoms with Gasteiger partial charge in [-0.05, 0) is 198 Å². The van der Waals surface area contributed by atoms with Gasteiger partial charge in [0.1, 0.15) is 0 Å². The van der Waals surface area contributed by atoms with Gasteiger partial charge in [-0.15, -0.1) is 119 Å². The molecule has 0 N–H and O–H groups in total. The molecule has 0 aliphatic rings. The molecule has 0 amide bonds. The Balaban J connectivity index is 0.000000171. The van der Waals surface area contributed by atoms with Gasteiger partial charge in [-0.25, -0.2) is 0 Å². The number of aromatic carboxylic acids is 9. The fourth-order valence-corrected chi connectivity index (χ4v) is 10.4. The van der Waals surface area contributed by atoms with Crippen LogP contribution in [0.4, 0.5) is 0 Å². The molecule has 37 nitrogen and oxygen atoms in total. The summed E-state index contributed by atoms with van der Waals surface area (Å²) in [5.41, 5.74) is 1.61. The Bertz CT molecular complexity index is 5280. The van der Waals surface area contributed by atoms with Gasteiger partial charge in [0.2, 0.25) is 46.6 Å². The number of carbonyl (C=O) groups is 9. The SMILES string of the molecule is C=C([O-])c1cc(C(=O)[O-])cc(-c2ccc(-c3nnc(-c4ccc(-c5cc(C(=O)[O-])cc(C(=O)[O-])c5)cc4)nn3)cc2)c1.C=C([O-])c1cc(C(=O)[O-])cc(-c2nnc(-c3cc(C(=O)[O-])cc(C(=O)[O-])c3)nn2)c1.C=C([O-])c1cc(C(=O)[O-])cc(-c2nnc(-c3ccc(-c4nnc(-c5cc(C(=O)[O-])cc(C(=O)[O-])c5)nn4)cc3)nn2)c1. The van der Waals surface area contributed by atoms with Crippen LogP contribution in [-0.2, 0) is 0 Å². The van der Waals surface area contributed by atoms with E-state index in [1.54, 1.807) is 78.9 Å². The highest BCUT2D eigenvalue weighted by molar-refractivity contribution is 5.97. The van der Waals surface area contributed by atoms with Crippen LogP contribution in [0.1, 0.15) is 110 Å². The van der Waals surface area contributed by atoms with E-state index >= 15 is 0 Å². The highest BCUT2D eigenvalue weighted by Gasteiger charge is 2.18. The Labute approximate surface area is 636 Å². The Hall–Kier alpha value is -17.4. The minimum atomic E-state index is -1.62. The number of carboxylic acid groups (broad SMARTS) is 9. The Kier molecular flexibility index (Phi) is 22.6. The normalized spacial score (nSPS) is 10.6. The monoisotopic (exact) mass is 1520 g/mol. The molecule has 0 unspecified atom stereocenters.